The van der Waals surface area contributed by atoms with Crippen LogP contribution in [0.2, 0.25) is 0 Å². The number of hydrogen-bond acceptors (Lipinski definition) is 7. The van der Waals surface area contributed by atoms with Crippen LogP contribution >= 0.6 is 12.2 Å². The summed E-state index contributed by atoms with van der Waals surface area (Å²) in [5, 5.41) is 16.4. The summed E-state index contributed by atoms with van der Waals surface area (Å²) < 4.78 is 5.49. The number of aryl methyl sites for hydroxylation is 1. The summed E-state index contributed by atoms with van der Waals surface area (Å²) in [5.41, 5.74) is 7.19. The van der Waals surface area contributed by atoms with Crippen molar-refractivity contribution in [3.63, 3.8) is 0 Å². The molecule has 5 N–H and O–H groups in total. The van der Waals surface area contributed by atoms with E-state index in [1.165, 1.54) is 0 Å². The highest BCUT2D eigenvalue weighted by atomic mass is 32.1. The molecule has 1 heterocycles. The molecule has 1 fully saturated rings. The molecule has 0 bridgehead atoms. The Hall–Kier alpha value is -1.51. The van der Waals surface area contributed by atoms with Crippen LogP contribution < -0.4 is 16.4 Å². The number of thiocarbonyl (C=S) groups is 1. The van der Waals surface area contributed by atoms with Gasteiger partial charge >= 0.3 is 0 Å². The summed E-state index contributed by atoms with van der Waals surface area (Å²) in [7, 11) is 0. The van der Waals surface area contributed by atoms with Gasteiger partial charge in [0, 0.05) is 25.3 Å². The van der Waals surface area contributed by atoms with Crippen molar-refractivity contribution in [2.75, 3.05) is 37.0 Å². The topological polar surface area (TPSA) is 105 Å². The molecule has 8 heteroatoms. The Labute approximate surface area is 167 Å². The molecule has 152 valence electrons. The molecule has 0 aromatic carbocycles. The van der Waals surface area contributed by atoms with Crippen LogP contribution in [0.15, 0.2) is 0 Å². The Balaban J connectivity index is 2.21. The van der Waals surface area contributed by atoms with E-state index in [4.69, 9.17) is 22.7 Å². The predicted octanol–water partition coefficient (Wildman–Crippen LogP) is 2.47. The maximum atomic E-state index is 9.61. The van der Waals surface area contributed by atoms with Gasteiger partial charge in [-0.1, -0.05) is 26.1 Å². The van der Waals surface area contributed by atoms with Crippen molar-refractivity contribution in [1.29, 1.82) is 0 Å². The maximum Gasteiger partial charge on any atom is 0.224 e. The Morgan fingerprint density at radius 2 is 2.15 bits per heavy atom. The molecule has 1 aromatic rings. The lowest BCUT2D eigenvalue weighted by Crippen LogP contribution is -2.40. The Kier molecular flexibility index (Phi) is 7.76. The fraction of sp³-hybridized carbons (Fsp3) is 0.737. The molecule has 7 nitrogen and oxygen atoms in total. The zero-order chi connectivity index (χ0) is 20.0. The highest BCUT2D eigenvalue weighted by molar-refractivity contribution is 7.80. The van der Waals surface area contributed by atoms with Crippen LogP contribution in [0.25, 0.3) is 0 Å². The van der Waals surface area contributed by atoms with Crippen molar-refractivity contribution < 1.29 is 9.84 Å². The molecule has 1 aliphatic rings. The van der Waals surface area contributed by atoms with E-state index >= 15 is 0 Å². The number of hydrogen-bond donors (Lipinski definition) is 4. The molecule has 0 aliphatic heterocycles. The van der Waals surface area contributed by atoms with Crippen molar-refractivity contribution in [2.24, 2.45) is 17.6 Å². The second kappa shape index (κ2) is 9.61. The van der Waals surface area contributed by atoms with E-state index in [9.17, 15) is 5.11 Å². The van der Waals surface area contributed by atoms with E-state index in [1.54, 1.807) is 0 Å². The minimum atomic E-state index is -0.185. The van der Waals surface area contributed by atoms with E-state index < -0.39 is 0 Å². The average Bonchev–Trinajstić information content (AvgIpc) is 2.88. The zero-order valence-electron chi connectivity index (χ0n) is 16.8. The summed E-state index contributed by atoms with van der Waals surface area (Å²) in [6, 6.07) is 0. The van der Waals surface area contributed by atoms with Gasteiger partial charge in [-0.3, -0.25) is 0 Å². The maximum absolute atomic E-state index is 9.61. The molecule has 2 rings (SSSR count). The van der Waals surface area contributed by atoms with Gasteiger partial charge in [-0.15, -0.1) is 0 Å². The number of nitrogens with one attached hydrogen (secondary N) is 2. The van der Waals surface area contributed by atoms with Gasteiger partial charge in [0.15, 0.2) is 0 Å². The number of aliphatic hydroxyl groups excluding tert-OH is 1. The van der Waals surface area contributed by atoms with Crippen LogP contribution in [0.1, 0.15) is 51.3 Å². The molecular weight excluding hydrogens is 362 g/mol. The molecule has 1 saturated carbocycles. The van der Waals surface area contributed by atoms with Gasteiger partial charge in [0.2, 0.25) is 5.95 Å². The van der Waals surface area contributed by atoms with Crippen molar-refractivity contribution >= 4 is 29.0 Å². The fourth-order valence-electron chi connectivity index (χ4n) is 3.70. The van der Waals surface area contributed by atoms with Gasteiger partial charge in [0.05, 0.1) is 17.9 Å². The molecular formula is C19H33N5O2S. The van der Waals surface area contributed by atoms with E-state index in [0.29, 0.717) is 36.4 Å². The Morgan fingerprint density at radius 1 is 1.41 bits per heavy atom. The molecule has 3 unspecified atom stereocenters. The van der Waals surface area contributed by atoms with E-state index in [1.807, 2.05) is 6.92 Å². The number of rotatable bonds is 10. The van der Waals surface area contributed by atoms with Crippen LogP contribution in [0, 0.1) is 18.8 Å². The molecule has 0 amide bonds. The molecule has 27 heavy (non-hydrogen) atoms. The average molecular weight is 396 g/mol. The first kappa shape index (κ1) is 21.8. The molecule has 1 aromatic heterocycles. The molecule has 3 atom stereocenters. The molecule has 0 radical (unpaired) electrons. The standard InChI is InChI=1S/C19H33N5O2S/c1-5-9-26-10-8-21-18-22-13(3)15(16(20)27)17(23-18)24-19(4)7-6-14(11-25)12(19)2/h12,14,25H,5-11H2,1-4H3,(H2,20,27)(H2,21,22,23,24). The van der Waals surface area contributed by atoms with Gasteiger partial charge in [-0.05, 0) is 44.9 Å². The lowest BCUT2D eigenvalue weighted by Gasteiger charge is -2.34. The number of anilines is 2. The van der Waals surface area contributed by atoms with Crippen molar-refractivity contribution in [3.05, 3.63) is 11.3 Å². The third kappa shape index (κ3) is 5.27. The normalized spacial score (nSPS) is 24.8. The molecule has 0 saturated heterocycles. The summed E-state index contributed by atoms with van der Waals surface area (Å²) in [6.07, 6.45) is 2.93. The number of ether oxygens (including phenoxy) is 1. The van der Waals surface area contributed by atoms with Gasteiger partial charge in [-0.2, -0.15) is 4.98 Å². The first-order valence-electron chi connectivity index (χ1n) is 9.71. The van der Waals surface area contributed by atoms with Crippen LogP contribution in [-0.4, -0.2) is 52.0 Å². The second-order valence-corrected chi connectivity index (χ2v) is 8.01. The lowest BCUT2D eigenvalue weighted by molar-refractivity contribution is 0.144. The highest BCUT2D eigenvalue weighted by Gasteiger charge is 2.42. The van der Waals surface area contributed by atoms with Crippen LogP contribution in [0.3, 0.4) is 0 Å². The zero-order valence-corrected chi connectivity index (χ0v) is 17.7. The summed E-state index contributed by atoms with van der Waals surface area (Å²) in [5.74, 6) is 1.77. The Bertz CT molecular complexity index is 657. The van der Waals surface area contributed by atoms with Gasteiger partial charge in [-0.25, -0.2) is 4.98 Å². The second-order valence-electron chi connectivity index (χ2n) is 7.57. The van der Waals surface area contributed by atoms with Crippen molar-refractivity contribution in [3.8, 4) is 0 Å². The van der Waals surface area contributed by atoms with Gasteiger partial charge < -0.3 is 26.2 Å². The third-order valence-electron chi connectivity index (χ3n) is 5.60. The number of aromatic nitrogens is 2. The van der Waals surface area contributed by atoms with E-state index in [0.717, 1.165) is 31.6 Å². The number of aliphatic hydroxyl groups is 1. The summed E-state index contributed by atoms with van der Waals surface area (Å²) >= 11 is 5.25. The quantitative estimate of drug-likeness (QED) is 0.354. The number of nitrogens with two attached hydrogens (primary N) is 1. The summed E-state index contributed by atoms with van der Waals surface area (Å²) in [4.78, 5) is 9.42. The smallest absolute Gasteiger partial charge is 0.224 e. The monoisotopic (exact) mass is 395 g/mol. The molecule has 0 spiro atoms. The van der Waals surface area contributed by atoms with Crippen molar-refractivity contribution in [2.45, 2.75) is 52.5 Å². The van der Waals surface area contributed by atoms with Crippen LogP contribution in [0.4, 0.5) is 11.8 Å². The van der Waals surface area contributed by atoms with E-state index in [-0.39, 0.29) is 23.1 Å². The molecule has 1 aliphatic carbocycles. The van der Waals surface area contributed by atoms with Gasteiger partial charge in [0.1, 0.15) is 10.8 Å². The summed E-state index contributed by atoms with van der Waals surface area (Å²) in [6.45, 7) is 10.5. The minimum absolute atomic E-state index is 0.185. The highest BCUT2D eigenvalue weighted by Crippen LogP contribution is 2.42. The largest absolute Gasteiger partial charge is 0.396 e. The van der Waals surface area contributed by atoms with Gasteiger partial charge in [0.25, 0.3) is 0 Å². The Morgan fingerprint density at radius 3 is 2.74 bits per heavy atom. The number of nitrogens with zero attached hydrogens (tertiary/aromatic N) is 2. The first-order chi connectivity index (χ1) is 12.8. The predicted molar refractivity (Wildman–Crippen MR) is 113 cm³/mol. The lowest BCUT2D eigenvalue weighted by atomic mass is 9.86. The SMILES string of the molecule is CCCOCCNc1nc(C)c(C(N)=S)c(NC2(C)CCC(CO)C2C)n1. The van der Waals surface area contributed by atoms with Crippen molar-refractivity contribution in [1.82, 2.24) is 9.97 Å². The minimum Gasteiger partial charge on any atom is -0.396 e. The fourth-order valence-corrected chi connectivity index (χ4v) is 3.94. The van der Waals surface area contributed by atoms with Crippen LogP contribution in [-0.2, 0) is 4.74 Å². The van der Waals surface area contributed by atoms with E-state index in [2.05, 4.69) is 41.4 Å². The van der Waals surface area contributed by atoms with Crippen LogP contribution in [0.5, 0.6) is 0 Å². The third-order valence-corrected chi connectivity index (χ3v) is 5.80. The first-order valence-corrected chi connectivity index (χ1v) is 10.1.